The van der Waals surface area contributed by atoms with Gasteiger partial charge < -0.3 is 4.98 Å². The molecule has 0 atom stereocenters. The molecule has 0 radical (unpaired) electrons. The number of hydrogen-bond acceptors (Lipinski definition) is 3. The van der Waals surface area contributed by atoms with Crippen molar-refractivity contribution in [2.24, 2.45) is 0 Å². The van der Waals surface area contributed by atoms with Crippen molar-refractivity contribution in [1.82, 2.24) is 19.9 Å². The summed E-state index contributed by atoms with van der Waals surface area (Å²) in [6, 6.07) is 16.4. The molecule has 0 bridgehead atoms. The minimum Gasteiger partial charge on any atom is -0.338 e. The van der Waals surface area contributed by atoms with Crippen LogP contribution in [0.25, 0.3) is 33.8 Å². The van der Waals surface area contributed by atoms with Crippen molar-refractivity contribution in [3.05, 3.63) is 66.5 Å². The first-order chi connectivity index (χ1) is 12.0. The Labute approximate surface area is 147 Å². The van der Waals surface area contributed by atoms with Crippen molar-refractivity contribution in [1.29, 1.82) is 0 Å². The molecule has 124 valence electrons. The first-order valence-electron chi connectivity index (χ1n) is 8.39. The molecule has 0 aliphatic heterocycles. The topological polar surface area (TPSA) is 54.5 Å². The highest BCUT2D eigenvalue weighted by Gasteiger charge is 2.15. The van der Waals surface area contributed by atoms with Crippen molar-refractivity contribution in [3.63, 3.8) is 0 Å². The van der Waals surface area contributed by atoms with Crippen LogP contribution in [0, 0.1) is 0 Å². The van der Waals surface area contributed by atoms with Gasteiger partial charge in [-0.15, -0.1) is 0 Å². The normalized spacial score (nSPS) is 11.8. The van der Waals surface area contributed by atoms with Gasteiger partial charge in [-0.25, -0.2) is 15.0 Å². The van der Waals surface area contributed by atoms with E-state index < -0.39 is 0 Å². The van der Waals surface area contributed by atoms with Gasteiger partial charge in [0, 0.05) is 23.5 Å². The standard InChI is InChI=1S/C21H20N4/c1-21(2,3)16-9-10-17-18(13-16)25-20(24-17)15-7-5-14(6-8-15)19-22-11-4-12-23-19/h4-13H,1-3H3,(H,24,25). The predicted octanol–water partition coefficient (Wildman–Crippen LogP) is 4.98. The fraction of sp³-hybridized carbons (Fsp3) is 0.190. The average molecular weight is 328 g/mol. The summed E-state index contributed by atoms with van der Waals surface area (Å²) >= 11 is 0. The lowest BCUT2D eigenvalue weighted by atomic mass is 9.87. The molecule has 0 aliphatic carbocycles. The van der Waals surface area contributed by atoms with Crippen molar-refractivity contribution < 1.29 is 0 Å². The molecular weight excluding hydrogens is 308 g/mol. The van der Waals surface area contributed by atoms with Crippen LogP contribution in [0.4, 0.5) is 0 Å². The van der Waals surface area contributed by atoms with Gasteiger partial charge in [0.05, 0.1) is 11.0 Å². The van der Waals surface area contributed by atoms with E-state index in [1.807, 2.05) is 30.3 Å². The molecule has 4 nitrogen and oxygen atoms in total. The van der Waals surface area contributed by atoms with E-state index in [-0.39, 0.29) is 5.41 Å². The minimum absolute atomic E-state index is 0.122. The smallest absolute Gasteiger partial charge is 0.159 e. The summed E-state index contributed by atoms with van der Waals surface area (Å²) in [5.41, 5.74) is 5.52. The van der Waals surface area contributed by atoms with Crippen molar-refractivity contribution in [2.45, 2.75) is 26.2 Å². The molecule has 0 saturated heterocycles. The number of benzene rings is 2. The molecule has 1 N–H and O–H groups in total. The Morgan fingerprint density at radius 1 is 0.840 bits per heavy atom. The molecule has 0 unspecified atom stereocenters. The number of hydrogen-bond donors (Lipinski definition) is 1. The van der Waals surface area contributed by atoms with E-state index >= 15 is 0 Å². The molecule has 4 heteroatoms. The van der Waals surface area contributed by atoms with Gasteiger partial charge in [-0.2, -0.15) is 0 Å². The molecule has 0 saturated carbocycles. The van der Waals surface area contributed by atoms with Crippen LogP contribution in [-0.2, 0) is 5.41 Å². The lowest BCUT2D eigenvalue weighted by Gasteiger charge is -2.18. The SMILES string of the molecule is CC(C)(C)c1ccc2nc(-c3ccc(-c4ncccn4)cc3)[nH]c2c1. The highest BCUT2D eigenvalue weighted by Crippen LogP contribution is 2.27. The zero-order chi connectivity index (χ0) is 17.4. The summed E-state index contributed by atoms with van der Waals surface area (Å²) in [6.45, 7) is 6.65. The average Bonchev–Trinajstić information content (AvgIpc) is 3.05. The first kappa shape index (κ1) is 15.5. The largest absolute Gasteiger partial charge is 0.338 e. The summed E-state index contributed by atoms with van der Waals surface area (Å²) in [5.74, 6) is 1.61. The summed E-state index contributed by atoms with van der Waals surface area (Å²) in [6.07, 6.45) is 3.50. The maximum absolute atomic E-state index is 4.72. The highest BCUT2D eigenvalue weighted by molar-refractivity contribution is 5.80. The third-order valence-corrected chi connectivity index (χ3v) is 4.33. The third kappa shape index (κ3) is 3.03. The van der Waals surface area contributed by atoms with Crippen LogP contribution >= 0.6 is 0 Å². The van der Waals surface area contributed by atoms with E-state index in [0.717, 1.165) is 33.8 Å². The second kappa shape index (κ2) is 5.81. The van der Waals surface area contributed by atoms with Crippen LogP contribution in [0.1, 0.15) is 26.3 Å². The van der Waals surface area contributed by atoms with Crippen molar-refractivity contribution >= 4 is 11.0 Å². The Morgan fingerprint density at radius 2 is 1.52 bits per heavy atom. The van der Waals surface area contributed by atoms with Crippen molar-refractivity contribution in [2.75, 3.05) is 0 Å². The van der Waals surface area contributed by atoms with E-state index in [9.17, 15) is 0 Å². The van der Waals surface area contributed by atoms with E-state index in [1.54, 1.807) is 12.4 Å². The Balaban J connectivity index is 1.70. The Morgan fingerprint density at radius 3 is 2.20 bits per heavy atom. The van der Waals surface area contributed by atoms with Gasteiger partial charge >= 0.3 is 0 Å². The number of fused-ring (bicyclic) bond motifs is 1. The van der Waals surface area contributed by atoms with Crippen LogP contribution in [0.3, 0.4) is 0 Å². The number of nitrogens with zero attached hydrogens (tertiary/aromatic N) is 3. The molecule has 2 aromatic heterocycles. The Bertz CT molecular complexity index is 1010. The third-order valence-electron chi connectivity index (χ3n) is 4.33. The molecule has 2 aromatic carbocycles. The monoisotopic (exact) mass is 328 g/mol. The summed E-state index contributed by atoms with van der Waals surface area (Å²) in [5, 5.41) is 0. The van der Waals surface area contributed by atoms with E-state index in [1.165, 1.54) is 5.56 Å². The lowest BCUT2D eigenvalue weighted by molar-refractivity contribution is 0.591. The zero-order valence-electron chi connectivity index (χ0n) is 14.6. The second-order valence-corrected chi connectivity index (χ2v) is 7.22. The maximum Gasteiger partial charge on any atom is 0.159 e. The van der Waals surface area contributed by atoms with Crippen molar-refractivity contribution in [3.8, 4) is 22.8 Å². The van der Waals surface area contributed by atoms with E-state index in [4.69, 9.17) is 4.98 Å². The Kier molecular flexibility index (Phi) is 3.61. The van der Waals surface area contributed by atoms with Gasteiger partial charge in [-0.05, 0) is 29.2 Å². The minimum atomic E-state index is 0.122. The van der Waals surface area contributed by atoms with Gasteiger partial charge in [0.2, 0.25) is 0 Å². The van der Waals surface area contributed by atoms with Crippen LogP contribution in [0.15, 0.2) is 60.9 Å². The molecule has 2 heterocycles. The number of aromatic amines is 1. The number of H-pyrrole nitrogens is 1. The zero-order valence-corrected chi connectivity index (χ0v) is 14.6. The van der Waals surface area contributed by atoms with Gasteiger partial charge in [-0.3, -0.25) is 0 Å². The fourth-order valence-corrected chi connectivity index (χ4v) is 2.84. The number of imidazole rings is 1. The van der Waals surface area contributed by atoms with Gasteiger partial charge in [-0.1, -0.05) is 51.1 Å². The predicted molar refractivity (Wildman–Crippen MR) is 101 cm³/mol. The lowest BCUT2D eigenvalue weighted by Crippen LogP contribution is -2.10. The first-order valence-corrected chi connectivity index (χ1v) is 8.39. The van der Waals surface area contributed by atoms with Crippen LogP contribution in [0.2, 0.25) is 0 Å². The maximum atomic E-state index is 4.72. The number of rotatable bonds is 2. The molecule has 4 aromatic rings. The molecule has 0 aliphatic rings. The number of aromatic nitrogens is 4. The Hall–Kier alpha value is -3.01. The molecule has 0 fully saturated rings. The molecule has 25 heavy (non-hydrogen) atoms. The number of nitrogens with one attached hydrogen (secondary N) is 1. The molecular formula is C21H20N4. The summed E-state index contributed by atoms with van der Waals surface area (Å²) < 4.78 is 0. The summed E-state index contributed by atoms with van der Waals surface area (Å²) in [7, 11) is 0. The van der Waals surface area contributed by atoms with E-state index in [0.29, 0.717) is 0 Å². The highest BCUT2D eigenvalue weighted by atomic mass is 14.9. The van der Waals surface area contributed by atoms with Crippen LogP contribution in [0.5, 0.6) is 0 Å². The molecule has 0 spiro atoms. The van der Waals surface area contributed by atoms with Crippen LogP contribution < -0.4 is 0 Å². The quantitative estimate of drug-likeness (QED) is 0.564. The van der Waals surface area contributed by atoms with Gasteiger partial charge in [0.15, 0.2) is 5.82 Å². The molecule has 4 rings (SSSR count). The van der Waals surface area contributed by atoms with Gasteiger partial charge in [0.1, 0.15) is 5.82 Å². The fourth-order valence-electron chi connectivity index (χ4n) is 2.84. The van der Waals surface area contributed by atoms with E-state index in [2.05, 4.69) is 53.9 Å². The molecule has 0 amide bonds. The second-order valence-electron chi connectivity index (χ2n) is 7.22. The van der Waals surface area contributed by atoms with Gasteiger partial charge in [0.25, 0.3) is 0 Å². The summed E-state index contributed by atoms with van der Waals surface area (Å²) in [4.78, 5) is 16.7. The van der Waals surface area contributed by atoms with Crippen LogP contribution in [-0.4, -0.2) is 19.9 Å².